The summed E-state index contributed by atoms with van der Waals surface area (Å²) in [5, 5.41) is 10.5. The first-order valence-electron chi connectivity index (χ1n) is 12.5. The Hall–Kier alpha value is -0.520. The molecule has 0 radical (unpaired) electrons. The normalized spacial score (nSPS) is 49.2. The number of halogens is 1. The number of nitrogens with zero attached hydrogens (tertiary/aromatic N) is 1. The number of fused-ring (bicyclic) bond motifs is 5. The van der Waals surface area contributed by atoms with Gasteiger partial charge in [-0.15, -0.1) is 0 Å². The average Bonchev–Trinajstić information content (AvgIpc) is 3.11. The molecule has 5 rings (SSSR count). The van der Waals surface area contributed by atoms with Gasteiger partial charge in [-0.2, -0.15) is 0 Å². The van der Waals surface area contributed by atoms with Crippen molar-refractivity contribution in [1.29, 1.82) is 0 Å². The third-order valence-corrected chi connectivity index (χ3v) is 10.2. The summed E-state index contributed by atoms with van der Waals surface area (Å²) in [4.78, 5) is 15.6. The number of carbonyl (C=O) groups excluding carboxylic acids is 1. The zero-order chi connectivity index (χ0) is 20.9. The number of Topliss-reactive ketones (excluding diaryl/α,β-unsaturated/α-hetero) is 1. The van der Waals surface area contributed by atoms with Gasteiger partial charge in [0.2, 0.25) is 0 Å². The Kier molecular flexibility index (Phi) is 5.77. The Morgan fingerprint density at radius 2 is 1.80 bits per heavy atom. The largest absolute Gasteiger partial charge is 0.387 e. The maximum Gasteiger partial charge on any atom is 0.150 e. The third-order valence-electron chi connectivity index (χ3n) is 10.2. The van der Waals surface area contributed by atoms with Crippen molar-refractivity contribution < 1.29 is 19.0 Å². The number of rotatable bonds is 4. The second-order valence-corrected chi connectivity index (χ2v) is 11.6. The third kappa shape index (κ3) is 3.57. The Balaban J connectivity index is 1.27. The van der Waals surface area contributed by atoms with Gasteiger partial charge in [-0.3, -0.25) is 9.69 Å². The average molecular weight is 422 g/mol. The number of aliphatic hydroxyl groups is 1. The number of ether oxygens (including phenoxy) is 1. The number of alkyl halides is 1. The van der Waals surface area contributed by atoms with E-state index < -0.39 is 12.3 Å². The van der Waals surface area contributed by atoms with Crippen LogP contribution in [0.4, 0.5) is 4.39 Å². The Morgan fingerprint density at radius 3 is 2.57 bits per heavy atom. The van der Waals surface area contributed by atoms with Crippen molar-refractivity contribution in [2.45, 2.75) is 70.3 Å². The summed E-state index contributed by atoms with van der Waals surface area (Å²) in [6, 6.07) is 0. The molecule has 1 aliphatic heterocycles. The molecule has 170 valence electrons. The maximum absolute atomic E-state index is 13.4. The van der Waals surface area contributed by atoms with Gasteiger partial charge in [0.25, 0.3) is 0 Å². The van der Waals surface area contributed by atoms with Gasteiger partial charge in [-0.25, -0.2) is 4.39 Å². The maximum atomic E-state index is 13.4. The van der Waals surface area contributed by atoms with E-state index in [2.05, 4.69) is 11.8 Å². The van der Waals surface area contributed by atoms with Gasteiger partial charge in [-0.05, 0) is 92.8 Å². The minimum Gasteiger partial charge on any atom is -0.387 e. The first-order chi connectivity index (χ1) is 14.4. The lowest BCUT2D eigenvalue weighted by Crippen LogP contribution is -2.52. The SMILES string of the molecule is C[C@]12CC[C@H]3[C@@H](CC[C@H]4C[C@@](O)(CF)CC[C@@H]43)[C@@H]1CC[C@@H]2C(=O)CN1CCOCC1. The lowest BCUT2D eigenvalue weighted by molar-refractivity contribution is -0.135. The molecule has 4 nitrogen and oxygen atoms in total. The minimum absolute atomic E-state index is 0.172. The fraction of sp³-hybridized carbons (Fsp3) is 0.960. The van der Waals surface area contributed by atoms with E-state index in [0.717, 1.165) is 57.4 Å². The van der Waals surface area contributed by atoms with E-state index >= 15 is 0 Å². The van der Waals surface area contributed by atoms with Crippen LogP contribution >= 0.6 is 0 Å². The lowest BCUT2D eigenvalue weighted by Gasteiger charge is -2.57. The van der Waals surface area contributed by atoms with Crippen LogP contribution in [0, 0.1) is 40.9 Å². The van der Waals surface area contributed by atoms with Gasteiger partial charge in [0, 0.05) is 19.0 Å². The highest BCUT2D eigenvalue weighted by Gasteiger charge is 2.59. The van der Waals surface area contributed by atoms with Crippen molar-refractivity contribution in [2.75, 3.05) is 39.5 Å². The van der Waals surface area contributed by atoms with E-state index in [1.807, 2.05) is 0 Å². The van der Waals surface area contributed by atoms with E-state index in [4.69, 9.17) is 4.74 Å². The Labute approximate surface area is 180 Å². The molecule has 0 aromatic heterocycles. The molecule has 1 heterocycles. The number of ketones is 1. The summed E-state index contributed by atoms with van der Waals surface area (Å²) in [6.45, 7) is 5.73. The first-order valence-corrected chi connectivity index (χ1v) is 12.5. The highest BCUT2D eigenvalue weighted by molar-refractivity contribution is 5.84. The molecule has 5 heteroatoms. The van der Waals surface area contributed by atoms with Crippen LogP contribution in [0.25, 0.3) is 0 Å². The molecule has 0 spiro atoms. The van der Waals surface area contributed by atoms with Gasteiger partial charge < -0.3 is 9.84 Å². The van der Waals surface area contributed by atoms with E-state index in [1.54, 1.807) is 0 Å². The minimum atomic E-state index is -1.05. The quantitative estimate of drug-likeness (QED) is 0.749. The topological polar surface area (TPSA) is 49.8 Å². The highest BCUT2D eigenvalue weighted by Crippen LogP contribution is 2.64. The van der Waals surface area contributed by atoms with Crippen molar-refractivity contribution in [3.8, 4) is 0 Å². The van der Waals surface area contributed by atoms with Crippen LogP contribution in [-0.4, -0.2) is 60.9 Å². The van der Waals surface area contributed by atoms with Crippen LogP contribution in [-0.2, 0) is 9.53 Å². The van der Waals surface area contributed by atoms with Crippen LogP contribution in [0.15, 0.2) is 0 Å². The van der Waals surface area contributed by atoms with Crippen molar-refractivity contribution in [3.63, 3.8) is 0 Å². The monoisotopic (exact) mass is 421 g/mol. The molecule has 4 saturated carbocycles. The number of morpholine rings is 1. The van der Waals surface area contributed by atoms with Crippen LogP contribution in [0.1, 0.15) is 64.7 Å². The standard InChI is InChI=1S/C25H40FNO3/c1-24-8-6-19-18-7-9-25(29,16-26)14-17(18)2-3-20(19)21(24)4-5-22(24)23(28)15-27-10-12-30-13-11-27/h17-22,29H,2-16H2,1H3/t17-,18-,19+,20+,21-,22+,24-,25+/m0/s1. The highest BCUT2D eigenvalue weighted by atomic mass is 19.1. The molecule has 5 fully saturated rings. The van der Waals surface area contributed by atoms with E-state index in [9.17, 15) is 14.3 Å². The summed E-state index contributed by atoms with van der Waals surface area (Å²) in [7, 11) is 0. The van der Waals surface area contributed by atoms with Gasteiger partial charge in [0.15, 0.2) is 0 Å². The summed E-state index contributed by atoms with van der Waals surface area (Å²) >= 11 is 0. The molecule has 30 heavy (non-hydrogen) atoms. The second-order valence-electron chi connectivity index (χ2n) is 11.6. The molecule has 0 unspecified atom stereocenters. The predicted octanol–water partition coefficient (Wildman–Crippen LogP) is 3.86. The van der Waals surface area contributed by atoms with Gasteiger partial charge in [0.1, 0.15) is 12.5 Å². The fourth-order valence-electron chi connectivity index (χ4n) is 8.70. The molecular weight excluding hydrogens is 381 g/mol. The van der Waals surface area contributed by atoms with Crippen LogP contribution in [0.5, 0.6) is 0 Å². The van der Waals surface area contributed by atoms with Crippen LogP contribution < -0.4 is 0 Å². The summed E-state index contributed by atoms with van der Waals surface area (Å²) < 4.78 is 18.8. The molecule has 0 aromatic carbocycles. The molecule has 1 saturated heterocycles. The molecule has 0 amide bonds. The number of hydrogen-bond donors (Lipinski definition) is 1. The molecule has 5 aliphatic rings. The Morgan fingerprint density at radius 1 is 1.03 bits per heavy atom. The van der Waals surface area contributed by atoms with Crippen LogP contribution in [0.3, 0.4) is 0 Å². The molecule has 0 aromatic rings. The summed E-state index contributed by atoms with van der Waals surface area (Å²) in [5.74, 6) is 4.03. The zero-order valence-electron chi connectivity index (χ0n) is 18.7. The first kappa shape index (κ1) is 21.3. The van der Waals surface area contributed by atoms with E-state index in [-0.39, 0.29) is 11.3 Å². The molecular formula is C25H40FNO3. The molecule has 0 bridgehead atoms. The number of hydrogen-bond acceptors (Lipinski definition) is 4. The molecule has 1 N–H and O–H groups in total. The van der Waals surface area contributed by atoms with Crippen molar-refractivity contribution in [2.24, 2.45) is 40.9 Å². The van der Waals surface area contributed by atoms with Crippen molar-refractivity contribution >= 4 is 5.78 Å². The zero-order valence-corrected chi connectivity index (χ0v) is 18.7. The Bertz CT molecular complexity index is 652. The van der Waals surface area contributed by atoms with Crippen molar-refractivity contribution in [1.82, 2.24) is 4.90 Å². The van der Waals surface area contributed by atoms with Gasteiger partial charge in [-0.1, -0.05) is 6.92 Å². The fourth-order valence-corrected chi connectivity index (χ4v) is 8.70. The summed E-state index contributed by atoms with van der Waals surface area (Å²) in [5.41, 5.74) is -0.882. The lowest BCUT2D eigenvalue weighted by atomic mass is 9.49. The molecule has 8 atom stereocenters. The smallest absolute Gasteiger partial charge is 0.150 e. The number of carbonyl (C=O) groups is 1. The van der Waals surface area contributed by atoms with Crippen molar-refractivity contribution in [3.05, 3.63) is 0 Å². The predicted molar refractivity (Wildman–Crippen MR) is 114 cm³/mol. The second kappa shape index (κ2) is 8.12. The van der Waals surface area contributed by atoms with Gasteiger partial charge in [0.05, 0.1) is 25.4 Å². The molecule has 4 aliphatic carbocycles. The van der Waals surface area contributed by atoms with Gasteiger partial charge >= 0.3 is 0 Å². The van der Waals surface area contributed by atoms with Crippen LogP contribution in [0.2, 0.25) is 0 Å². The van der Waals surface area contributed by atoms with E-state index in [1.165, 1.54) is 25.7 Å². The summed E-state index contributed by atoms with van der Waals surface area (Å²) in [6.07, 6.45) is 9.35. The van der Waals surface area contributed by atoms with E-state index in [0.29, 0.717) is 42.9 Å².